The molecular weight excluding hydrogens is 453 g/mol. The van der Waals surface area contributed by atoms with Crippen LogP contribution in [0.5, 0.6) is 0 Å². The quantitative estimate of drug-likeness (QED) is 0.196. The van der Waals surface area contributed by atoms with Crippen molar-refractivity contribution in [1.29, 1.82) is 0 Å². The van der Waals surface area contributed by atoms with Crippen molar-refractivity contribution in [3.63, 3.8) is 0 Å². The van der Waals surface area contributed by atoms with Gasteiger partial charge in [-0.2, -0.15) is 0 Å². The van der Waals surface area contributed by atoms with Crippen LogP contribution < -0.4 is 0 Å². The Morgan fingerprint density at radius 3 is 2.39 bits per heavy atom. The maximum absolute atomic E-state index is 6.31. The van der Waals surface area contributed by atoms with Crippen LogP contribution in [-0.4, -0.2) is 14.8 Å². The lowest BCUT2D eigenvalue weighted by Crippen LogP contribution is -2.03. The van der Waals surface area contributed by atoms with Crippen molar-refractivity contribution in [2.24, 2.45) is 0 Å². The normalized spacial score (nSPS) is 11.0. The molecule has 0 N–H and O–H groups in total. The Balaban J connectivity index is 1.74. The van der Waals surface area contributed by atoms with Gasteiger partial charge in [0, 0.05) is 27.8 Å². The van der Waals surface area contributed by atoms with Crippen LogP contribution in [0, 0.1) is 6.92 Å². The summed E-state index contributed by atoms with van der Waals surface area (Å²) >= 11 is 22.0. The number of thioether (sulfide) groups is 2. The van der Waals surface area contributed by atoms with E-state index in [1.807, 2.05) is 6.08 Å². The van der Waals surface area contributed by atoms with Crippen LogP contribution in [0.1, 0.15) is 17.0 Å². The fraction of sp³-hybridized carbons (Fsp3) is 0.200. The van der Waals surface area contributed by atoms with Crippen LogP contribution in [0.3, 0.4) is 0 Å². The molecule has 0 saturated heterocycles. The van der Waals surface area contributed by atoms with Crippen molar-refractivity contribution in [2.75, 3.05) is 0 Å². The molecule has 3 aromatic rings. The molecule has 0 aliphatic carbocycles. The molecule has 0 amide bonds. The van der Waals surface area contributed by atoms with Crippen LogP contribution in [0.15, 0.2) is 59.1 Å². The van der Waals surface area contributed by atoms with Gasteiger partial charge in [0.05, 0.1) is 15.8 Å². The molecule has 3 rings (SSSR count). The van der Waals surface area contributed by atoms with E-state index in [0.29, 0.717) is 27.4 Å². The predicted molar refractivity (Wildman–Crippen MR) is 122 cm³/mol. The predicted octanol–water partition coefficient (Wildman–Crippen LogP) is 7.32. The Hall–Kier alpha value is -1.11. The summed E-state index contributed by atoms with van der Waals surface area (Å²) in [6.07, 6.45) is 1.84. The van der Waals surface area contributed by atoms with Crippen LogP contribution in [0.25, 0.3) is 0 Å². The smallest absolute Gasteiger partial charge is 0.191 e. The molecule has 0 unspecified atom stereocenters. The molecule has 0 fully saturated rings. The molecule has 0 saturated carbocycles. The zero-order valence-corrected chi connectivity index (χ0v) is 19.1. The van der Waals surface area contributed by atoms with Crippen molar-refractivity contribution in [2.45, 2.75) is 35.0 Å². The molecule has 8 heteroatoms. The van der Waals surface area contributed by atoms with Gasteiger partial charge in [-0.1, -0.05) is 70.3 Å². The highest BCUT2D eigenvalue weighted by Gasteiger charge is 2.15. The summed E-state index contributed by atoms with van der Waals surface area (Å²) in [7, 11) is 0. The number of nitrogens with zero attached hydrogens (tertiary/aromatic N) is 3. The van der Waals surface area contributed by atoms with E-state index in [2.05, 4.69) is 52.5 Å². The van der Waals surface area contributed by atoms with Crippen LogP contribution in [0.2, 0.25) is 15.1 Å². The fourth-order valence-corrected chi connectivity index (χ4v) is 5.15. The number of rotatable bonds is 8. The number of benzene rings is 2. The Bertz CT molecular complexity index is 972. The van der Waals surface area contributed by atoms with Gasteiger partial charge in [-0.05, 0) is 31.2 Å². The molecule has 0 aliphatic rings. The van der Waals surface area contributed by atoms with Crippen molar-refractivity contribution in [3.8, 4) is 0 Å². The van der Waals surface area contributed by atoms with Crippen LogP contribution in [0.4, 0.5) is 0 Å². The number of halogens is 3. The molecular formula is C20H18Cl3N3S2. The molecule has 3 nitrogen and oxygen atoms in total. The Morgan fingerprint density at radius 1 is 0.964 bits per heavy atom. The minimum atomic E-state index is 0.478. The average Bonchev–Trinajstić information content (AvgIpc) is 3.06. The topological polar surface area (TPSA) is 30.7 Å². The van der Waals surface area contributed by atoms with Gasteiger partial charge >= 0.3 is 0 Å². The molecule has 0 atom stereocenters. The van der Waals surface area contributed by atoms with Gasteiger partial charge < -0.3 is 4.57 Å². The summed E-state index contributed by atoms with van der Waals surface area (Å²) in [4.78, 5) is 1.20. The van der Waals surface area contributed by atoms with Gasteiger partial charge in [-0.15, -0.1) is 28.5 Å². The third kappa shape index (κ3) is 5.28. The molecule has 28 heavy (non-hydrogen) atoms. The van der Waals surface area contributed by atoms with E-state index in [0.717, 1.165) is 22.3 Å². The van der Waals surface area contributed by atoms with E-state index in [4.69, 9.17) is 34.8 Å². The van der Waals surface area contributed by atoms with Crippen molar-refractivity contribution in [1.82, 2.24) is 14.8 Å². The van der Waals surface area contributed by atoms with Gasteiger partial charge in [0.25, 0.3) is 0 Å². The number of hydrogen-bond acceptors (Lipinski definition) is 4. The van der Waals surface area contributed by atoms with E-state index >= 15 is 0 Å². The highest BCUT2D eigenvalue weighted by Crippen LogP contribution is 2.35. The standard InChI is InChI=1S/C20H18Cl3N3S2/c1-3-10-26-18(12-27-14-6-4-13(2)5-7-14)24-25-20(26)28-11-15-16(21)8-9-17(22)19(15)23/h3-9H,1,10-12H2,2H3. The second kappa shape index (κ2) is 10.1. The van der Waals surface area contributed by atoms with Gasteiger partial charge in [0.2, 0.25) is 0 Å². The lowest BCUT2D eigenvalue weighted by Gasteiger charge is -2.10. The van der Waals surface area contributed by atoms with Crippen molar-refractivity contribution in [3.05, 3.63) is 81.1 Å². The first-order valence-corrected chi connectivity index (χ1v) is 11.6. The van der Waals surface area contributed by atoms with E-state index in [1.54, 1.807) is 23.9 Å². The Kier molecular flexibility index (Phi) is 7.77. The first kappa shape index (κ1) is 21.6. The summed E-state index contributed by atoms with van der Waals surface area (Å²) < 4.78 is 2.06. The van der Waals surface area contributed by atoms with Crippen molar-refractivity contribution < 1.29 is 0 Å². The van der Waals surface area contributed by atoms with E-state index in [9.17, 15) is 0 Å². The van der Waals surface area contributed by atoms with Gasteiger partial charge in [0.15, 0.2) is 5.16 Å². The third-order valence-electron chi connectivity index (χ3n) is 3.98. The number of hydrogen-bond donors (Lipinski definition) is 0. The molecule has 1 aromatic heterocycles. The second-order valence-electron chi connectivity index (χ2n) is 6.01. The van der Waals surface area contributed by atoms with Gasteiger partial charge in [0.1, 0.15) is 5.82 Å². The highest BCUT2D eigenvalue weighted by atomic mass is 35.5. The van der Waals surface area contributed by atoms with E-state index in [1.165, 1.54) is 22.2 Å². The summed E-state index contributed by atoms with van der Waals surface area (Å²) in [6, 6.07) is 11.9. The molecule has 0 aliphatic heterocycles. The molecule has 146 valence electrons. The Labute approximate surface area is 188 Å². The number of aryl methyl sites for hydroxylation is 1. The molecule has 0 bridgehead atoms. The zero-order valence-electron chi connectivity index (χ0n) is 15.2. The van der Waals surface area contributed by atoms with Crippen LogP contribution in [-0.2, 0) is 18.1 Å². The summed E-state index contributed by atoms with van der Waals surface area (Å²) in [6.45, 7) is 6.57. The average molecular weight is 471 g/mol. The number of aromatic nitrogens is 3. The van der Waals surface area contributed by atoms with Gasteiger partial charge in [-0.25, -0.2) is 0 Å². The summed E-state index contributed by atoms with van der Waals surface area (Å²) in [5, 5.41) is 11.1. The molecule has 1 heterocycles. The Morgan fingerprint density at radius 2 is 1.68 bits per heavy atom. The maximum atomic E-state index is 6.31. The second-order valence-corrected chi connectivity index (χ2v) is 9.19. The SMILES string of the molecule is C=CCn1c(CSc2ccc(C)cc2)nnc1SCc1c(Cl)ccc(Cl)c1Cl. The largest absolute Gasteiger partial charge is 0.301 e. The summed E-state index contributed by atoms with van der Waals surface area (Å²) in [5.41, 5.74) is 2.04. The first-order valence-electron chi connectivity index (χ1n) is 8.47. The lowest BCUT2D eigenvalue weighted by molar-refractivity contribution is 0.700. The van der Waals surface area contributed by atoms with E-state index in [-0.39, 0.29) is 0 Å². The monoisotopic (exact) mass is 469 g/mol. The third-order valence-corrected chi connectivity index (χ3v) is 7.18. The molecule has 0 spiro atoms. The zero-order chi connectivity index (χ0) is 20.1. The van der Waals surface area contributed by atoms with Crippen molar-refractivity contribution >= 4 is 58.3 Å². The van der Waals surface area contributed by atoms with E-state index < -0.39 is 0 Å². The minimum absolute atomic E-state index is 0.478. The first-order chi connectivity index (χ1) is 13.5. The fourth-order valence-electron chi connectivity index (χ4n) is 2.47. The molecule has 2 aromatic carbocycles. The highest BCUT2D eigenvalue weighted by molar-refractivity contribution is 7.98. The maximum Gasteiger partial charge on any atom is 0.191 e. The van der Waals surface area contributed by atoms with Gasteiger partial charge in [-0.3, -0.25) is 0 Å². The minimum Gasteiger partial charge on any atom is -0.301 e. The lowest BCUT2D eigenvalue weighted by atomic mass is 10.2. The summed E-state index contributed by atoms with van der Waals surface area (Å²) in [5.74, 6) is 2.18. The van der Waals surface area contributed by atoms with Crippen LogP contribution >= 0.6 is 58.3 Å². The number of allylic oxidation sites excluding steroid dienone is 1. The molecule has 0 radical (unpaired) electrons.